The van der Waals surface area contributed by atoms with Crippen LogP contribution in [-0.4, -0.2) is 28.6 Å². The highest BCUT2D eigenvalue weighted by Gasteiger charge is 2.33. The van der Waals surface area contributed by atoms with Gasteiger partial charge in [0.05, 0.1) is 0 Å². The van der Waals surface area contributed by atoms with Gasteiger partial charge in [0.2, 0.25) is 0 Å². The Labute approximate surface area is 131 Å². The third-order valence-electron chi connectivity index (χ3n) is 3.22. The van der Waals surface area contributed by atoms with Gasteiger partial charge in [0.1, 0.15) is 0 Å². The number of nitrogens with one attached hydrogen (secondary N) is 1. The number of hydrogen-bond donors (Lipinski definition) is 1. The lowest BCUT2D eigenvalue weighted by Crippen LogP contribution is -2.38. The topological polar surface area (TPSA) is 12.0 Å². The first-order valence-electron chi connectivity index (χ1n) is 6.46. The van der Waals surface area contributed by atoms with Gasteiger partial charge < -0.3 is 5.32 Å². The van der Waals surface area contributed by atoms with Crippen LogP contribution in [0.5, 0.6) is 0 Å². The second-order valence-corrected chi connectivity index (χ2v) is 8.59. The average molecular weight is 366 g/mol. The van der Waals surface area contributed by atoms with E-state index in [0.29, 0.717) is 11.3 Å². The summed E-state index contributed by atoms with van der Waals surface area (Å²) >= 11 is 9.80. The molecule has 1 N–H and O–H groups in total. The molecule has 2 rings (SSSR count). The van der Waals surface area contributed by atoms with Crippen molar-refractivity contribution >= 4 is 50.8 Å². The first-order valence-corrected chi connectivity index (χ1v) is 10.3. The lowest BCUT2D eigenvalue weighted by atomic mass is 10.0. The highest BCUT2D eigenvalue weighted by atomic mass is 79.9. The predicted molar refractivity (Wildman–Crippen MR) is 91.2 cm³/mol. The van der Waals surface area contributed by atoms with E-state index in [9.17, 15) is 0 Å². The van der Waals surface area contributed by atoms with E-state index < -0.39 is 0 Å². The Morgan fingerprint density at radius 1 is 1.33 bits per heavy atom. The van der Waals surface area contributed by atoms with Gasteiger partial charge in [0, 0.05) is 37.9 Å². The number of halogens is 1. The van der Waals surface area contributed by atoms with Crippen molar-refractivity contribution in [3.05, 3.63) is 20.8 Å². The monoisotopic (exact) mass is 365 g/mol. The fraction of sp³-hybridized carbons (Fsp3) is 0.692. The molecular formula is C13H20BrNS3. The Morgan fingerprint density at radius 2 is 2.11 bits per heavy atom. The van der Waals surface area contributed by atoms with Crippen LogP contribution in [-0.2, 0) is 0 Å². The molecule has 0 radical (unpaired) electrons. The van der Waals surface area contributed by atoms with Crippen LogP contribution in [0, 0.1) is 0 Å². The summed E-state index contributed by atoms with van der Waals surface area (Å²) in [5.74, 6) is 2.60. The number of rotatable bonds is 5. The van der Waals surface area contributed by atoms with E-state index in [2.05, 4.69) is 69.4 Å². The van der Waals surface area contributed by atoms with Crippen molar-refractivity contribution < 1.29 is 0 Å². The third-order valence-corrected chi connectivity index (χ3v) is 8.33. The Morgan fingerprint density at radius 3 is 2.72 bits per heavy atom. The molecule has 2 heterocycles. The van der Waals surface area contributed by atoms with E-state index in [1.165, 1.54) is 28.0 Å². The molecule has 1 saturated heterocycles. The van der Waals surface area contributed by atoms with E-state index in [1.807, 2.05) is 0 Å². The van der Waals surface area contributed by atoms with Crippen molar-refractivity contribution in [2.45, 2.75) is 36.8 Å². The maximum atomic E-state index is 3.70. The van der Waals surface area contributed by atoms with Crippen LogP contribution in [0.1, 0.15) is 31.9 Å². The third kappa shape index (κ3) is 3.48. The summed E-state index contributed by atoms with van der Waals surface area (Å²) in [7, 11) is 0. The Bertz CT molecular complexity index is 369. The molecule has 1 aliphatic heterocycles. The Hall–Kier alpha value is 0.840. The first-order chi connectivity index (χ1) is 8.77. The van der Waals surface area contributed by atoms with E-state index in [0.717, 1.165) is 11.8 Å². The normalized spacial score (nSPS) is 26.2. The molecule has 1 fully saturated rings. The molecule has 1 aliphatic rings. The summed E-state index contributed by atoms with van der Waals surface area (Å²) in [5, 5.41) is 9.67. The number of thiophene rings is 1. The summed E-state index contributed by atoms with van der Waals surface area (Å²) in [6.07, 6.45) is 1.27. The smallest absolute Gasteiger partial charge is 0.0470 e. The van der Waals surface area contributed by atoms with Crippen LogP contribution in [0.2, 0.25) is 0 Å². The SMILES string of the molecule is CCNC(c1cscc1Br)C1SCCSC1CC. The summed E-state index contributed by atoms with van der Waals surface area (Å²) in [6.45, 7) is 5.56. The quantitative estimate of drug-likeness (QED) is 0.805. The van der Waals surface area contributed by atoms with Gasteiger partial charge in [-0.25, -0.2) is 0 Å². The van der Waals surface area contributed by atoms with Crippen LogP contribution in [0.3, 0.4) is 0 Å². The lowest BCUT2D eigenvalue weighted by Gasteiger charge is -2.36. The van der Waals surface area contributed by atoms with E-state index in [1.54, 1.807) is 11.3 Å². The van der Waals surface area contributed by atoms with Gasteiger partial charge in [-0.05, 0) is 39.8 Å². The molecule has 0 spiro atoms. The number of hydrogen-bond acceptors (Lipinski definition) is 4. The average Bonchev–Trinajstić information content (AvgIpc) is 2.82. The largest absolute Gasteiger partial charge is 0.309 e. The molecular weight excluding hydrogens is 346 g/mol. The van der Waals surface area contributed by atoms with E-state index in [4.69, 9.17) is 0 Å². The van der Waals surface area contributed by atoms with Crippen LogP contribution in [0.25, 0.3) is 0 Å². The maximum Gasteiger partial charge on any atom is 0.0470 e. The van der Waals surface area contributed by atoms with Crippen molar-refractivity contribution in [1.82, 2.24) is 5.32 Å². The van der Waals surface area contributed by atoms with Crippen LogP contribution in [0.15, 0.2) is 15.2 Å². The zero-order valence-corrected chi connectivity index (χ0v) is 14.9. The minimum Gasteiger partial charge on any atom is -0.309 e. The minimum absolute atomic E-state index is 0.485. The van der Waals surface area contributed by atoms with Gasteiger partial charge >= 0.3 is 0 Å². The molecule has 1 aromatic heterocycles. The van der Waals surface area contributed by atoms with Gasteiger partial charge in [-0.1, -0.05) is 13.8 Å². The highest BCUT2D eigenvalue weighted by Crippen LogP contribution is 2.42. The van der Waals surface area contributed by atoms with Gasteiger partial charge in [-0.2, -0.15) is 34.9 Å². The van der Waals surface area contributed by atoms with Gasteiger partial charge in [0.15, 0.2) is 0 Å². The molecule has 0 saturated carbocycles. The van der Waals surface area contributed by atoms with E-state index in [-0.39, 0.29) is 0 Å². The molecule has 18 heavy (non-hydrogen) atoms. The molecule has 0 bridgehead atoms. The standard InChI is InChI=1S/C13H20BrNS3/c1-3-11-13(18-6-5-17-11)12(15-4-2)9-7-16-8-10(9)14/h7-8,11-13,15H,3-6H2,1-2H3. The summed E-state index contributed by atoms with van der Waals surface area (Å²) in [5.41, 5.74) is 1.44. The van der Waals surface area contributed by atoms with Crippen molar-refractivity contribution in [2.24, 2.45) is 0 Å². The van der Waals surface area contributed by atoms with Gasteiger partial charge in [-0.3, -0.25) is 0 Å². The van der Waals surface area contributed by atoms with Crippen molar-refractivity contribution in [1.29, 1.82) is 0 Å². The molecule has 0 aromatic carbocycles. The molecule has 1 nitrogen and oxygen atoms in total. The van der Waals surface area contributed by atoms with Gasteiger partial charge in [-0.15, -0.1) is 0 Å². The zero-order chi connectivity index (χ0) is 13.0. The van der Waals surface area contributed by atoms with Crippen molar-refractivity contribution in [3.63, 3.8) is 0 Å². The van der Waals surface area contributed by atoms with E-state index >= 15 is 0 Å². The lowest BCUT2D eigenvalue weighted by molar-refractivity contribution is 0.512. The van der Waals surface area contributed by atoms with Crippen molar-refractivity contribution in [2.75, 3.05) is 18.1 Å². The van der Waals surface area contributed by atoms with Crippen LogP contribution in [0.4, 0.5) is 0 Å². The summed E-state index contributed by atoms with van der Waals surface area (Å²) in [6, 6.07) is 0.485. The Balaban J connectivity index is 2.20. The fourth-order valence-corrected chi connectivity index (χ4v) is 7.20. The zero-order valence-electron chi connectivity index (χ0n) is 10.8. The van der Waals surface area contributed by atoms with Crippen molar-refractivity contribution in [3.8, 4) is 0 Å². The second kappa shape index (κ2) is 7.58. The predicted octanol–water partition coefficient (Wildman–Crippen LogP) is 4.79. The molecule has 102 valence electrons. The molecule has 3 unspecified atom stereocenters. The molecule has 0 aliphatic carbocycles. The second-order valence-electron chi connectivity index (χ2n) is 4.36. The summed E-state index contributed by atoms with van der Waals surface area (Å²) in [4.78, 5) is 0. The van der Waals surface area contributed by atoms with Gasteiger partial charge in [0.25, 0.3) is 0 Å². The number of thioether (sulfide) groups is 2. The Kier molecular flexibility index (Phi) is 6.41. The molecule has 0 amide bonds. The van der Waals surface area contributed by atoms with Crippen LogP contribution >= 0.6 is 50.8 Å². The first kappa shape index (κ1) is 15.2. The maximum absolute atomic E-state index is 3.70. The van der Waals surface area contributed by atoms with Crippen LogP contribution < -0.4 is 5.32 Å². The molecule has 5 heteroatoms. The summed E-state index contributed by atoms with van der Waals surface area (Å²) < 4.78 is 1.27. The highest BCUT2D eigenvalue weighted by molar-refractivity contribution is 9.10. The minimum atomic E-state index is 0.485. The molecule has 3 atom stereocenters. The fourth-order valence-electron chi connectivity index (χ4n) is 2.38. The molecule has 1 aromatic rings.